The van der Waals surface area contributed by atoms with Crippen molar-refractivity contribution in [3.05, 3.63) is 52.4 Å². The molecule has 2 aromatic rings. The Morgan fingerprint density at radius 1 is 0.973 bits per heavy atom. The molecule has 37 heavy (non-hydrogen) atoms. The van der Waals surface area contributed by atoms with Gasteiger partial charge in [-0.1, -0.05) is 11.9 Å². The Morgan fingerprint density at radius 3 is 2.35 bits per heavy atom. The van der Waals surface area contributed by atoms with Crippen LogP contribution in [0.25, 0.3) is 0 Å². The van der Waals surface area contributed by atoms with Gasteiger partial charge in [0.05, 0.1) is 29.7 Å². The summed E-state index contributed by atoms with van der Waals surface area (Å²) in [6, 6.07) is 8.47. The number of alkyl halides is 2. The first-order valence-corrected chi connectivity index (χ1v) is 13.8. The molecule has 0 bridgehead atoms. The molecule has 8 nitrogen and oxygen atoms in total. The molecule has 1 amide bonds. The SMILES string of the molecule is O=C(Nc1ccc(=O)n(N2CCC(F)(F)CC2)c1)c1ccc(NSCCO)cc1N1CCC2(CC1)CC2. The maximum absolute atomic E-state index is 13.6. The number of carbonyl (C=O) groups excluding carboxylic acids is 1. The van der Waals surface area contributed by atoms with Gasteiger partial charge in [-0.15, -0.1) is 0 Å². The van der Waals surface area contributed by atoms with Gasteiger partial charge in [0.15, 0.2) is 0 Å². The summed E-state index contributed by atoms with van der Waals surface area (Å²) < 4.78 is 31.7. The highest BCUT2D eigenvalue weighted by molar-refractivity contribution is 8.00. The minimum absolute atomic E-state index is 0.0632. The predicted molar refractivity (Wildman–Crippen MR) is 144 cm³/mol. The van der Waals surface area contributed by atoms with E-state index >= 15 is 0 Å². The number of hydrogen-bond donors (Lipinski definition) is 3. The number of nitrogens with zero attached hydrogens (tertiary/aromatic N) is 3. The van der Waals surface area contributed by atoms with Crippen molar-refractivity contribution in [1.29, 1.82) is 0 Å². The maximum Gasteiger partial charge on any atom is 0.269 e. The van der Waals surface area contributed by atoms with E-state index in [-0.39, 0.29) is 44.0 Å². The van der Waals surface area contributed by atoms with E-state index in [2.05, 4.69) is 14.9 Å². The van der Waals surface area contributed by atoms with E-state index in [1.54, 1.807) is 11.1 Å². The molecule has 1 saturated carbocycles. The number of pyridine rings is 1. The van der Waals surface area contributed by atoms with Crippen LogP contribution in [-0.2, 0) is 0 Å². The van der Waals surface area contributed by atoms with Crippen molar-refractivity contribution < 1.29 is 18.7 Å². The van der Waals surface area contributed by atoms with Crippen molar-refractivity contribution in [2.24, 2.45) is 5.41 Å². The van der Waals surface area contributed by atoms with Crippen LogP contribution in [-0.4, -0.2) is 60.2 Å². The van der Waals surface area contributed by atoms with Crippen LogP contribution >= 0.6 is 11.9 Å². The first kappa shape index (κ1) is 25.8. The van der Waals surface area contributed by atoms with Crippen LogP contribution in [0.2, 0.25) is 0 Å². The van der Waals surface area contributed by atoms with Gasteiger partial charge in [-0.05, 0) is 55.4 Å². The number of halogens is 2. The minimum atomic E-state index is -2.71. The zero-order valence-electron chi connectivity index (χ0n) is 20.7. The third kappa shape index (κ3) is 6.04. The molecule has 11 heteroatoms. The van der Waals surface area contributed by atoms with Gasteiger partial charge in [-0.25, -0.2) is 13.5 Å². The van der Waals surface area contributed by atoms with Crippen LogP contribution < -0.4 is 25.5 Å². The average molecular weight is 534 g/mol. The summed E-state index contributed by atoms with van der Waals surface area (Å²) in [5, 5.41) is 13.6. The summed E-state index contributed by atoms with van der Waals surface area (Å²) in [5.41, 5.74) is 2.81. The molecule has 3 fully saturated rings. The fourth-order valence-electron chi connectivity index (χ4n) is 5.13. The number of carbonyl (C=O) groups is 1. The smallest absolute Gasteiger partial charge is 0.269 e. The fourth-order valence-corrected chi connectivity index (χ4v) is 5.62. The number of nitrogens with one attached hydrogen (secondary N) is 2. The predicted octanol–water partition coefficient (Wildman–Crippen LogP) is 3.90. The third-order valence-corrected chi connectivity index (χ3v) is 8.44. The molecule has 1 aromatic heterocycles. The monoisotopic (exact) mass is 533 g/mol. The molecular formula is C26H33F2N5O3S. The zero-order chi connectivity index (χ0) is 26.0. The molecule has 2 aliphatic heterocycles. The molecule has 3 N–H and O–H groups in total. The Bertz CT molecular complexity index is 1180. The van der Waals surface area contributed by atoms with Crippen molar-refractivity contribution in [3.8, 4) is 0 Å². The molecule has 0 atom stereocenters. The van der Waals surface area contributed by atoms with Gasteiger partial charge in [0, 0.05) is 56.5 Å². The van der Waals surface area contributed by atoms with Gasteiger partial charge < -0.3 is 25.1 Å². The molecule has 5 rings (SSSR count). The van der Waals surface area contributed by atoms with Gasteiger partial charge in [0.25, 0.3) is 17.4 Å². The second-order valence-corrected chi connectivity index (χ2v) is 11.2. The molecule has 1 aromatic carbocycles. The lowest BCUT2D eigenvalue weighted by Gasteiger charge is -2.35. The van der Waals surface area contributed by atoms with Crippen LogP contribution in [0, 0.1) is 5.41 Å². The summed E-state index contributed by atoms with van der Waals surface area (Å²) in [7, 11) is 0. The maximum atomic E-state index is 13.6. The Labute approximate surface area is 219 Å². The Balaban J connectivity index is 1.35. The molecule has 3 heterocycles. The van der Waals surface area contributed by atoms with Crippen molar-refractivity contribution in [1.82, 2.24) is 4.68 Å². The average Bonchev–Trinajstić information content (AvgIpc) is 3.64. The first-order valence-electron chi connectivity index (χ1n) is 12.8. The second-order valence-electron chi connectivity index (χ2n) is 10.3. The van der Waals surface area contributed by atoms with E-state index in [9.17, 15) is 18.4 Å². The zero-order valence-corrected chi connectivity index (χ0v) is 21.5. The van der Waals surface area contributed by atoms with Crippen LogP contribution in [0.3, 0.4) is 0 Å². The summed E-state index contributed by atoms with van der Waals surface area (Å²) in [4.78, 5) is 28.2. The number of rotatable bonds is 8. The number of benzene rings is 1. The van der Waals surface area contributed by atoms with Crippen molar-refractivity contribution >= 4 is 34.9 Å². The van der Waals surface area contributed by atoms with Gasteiger partial charge in [-0.3, -0.25) is 9.59 Å². The lowest BCUT2D eigenvalue weighted by molar-refractivity contribution is -0.0260. The van der Waals surface area contributed by atoms with E-state index in [1.807, 2.05) is 12.1 Å². The number of anilines is 3. The van der Waals surface area contributed by atoms with E-state index in [0.717, 1.165) is 37.3 Å². The first-order chi connectivity index (χ1) is 17.8. The lowest BCUT2D eigenvalue weighted by atomic mass is 9.93. The highest BCUT2D eigenvalue weighted by Crippen LogP contribution is 2.54. The van der Waals surface area contributed by atoms with E-state index in [4.69, 9.17) is 5.11 Å². The number of aliphatic hydroxyl groups excluding tert-OH is 1. The van der Waals surface area contributed by atoms with E-state index in [0.29, 0.717) is 22.4 Å². The summed E-state index contributed by atoms with van der Waals surface area (Å²) in [5.74, 6) is -2.46. The highest BCUT2D eigenvalue weighted by Gasteiger charge is 2.44. The highest BCUT2D eigenvalue weighted by atomic mass is 32.2. The van der Waals surface area contributed by atoms with E-state index in [1.165, 1.54) is 47.8 Å². The third-order valence-electron chi connectivity index (χ3n) is 7.67. The molecule has 0 radical (unpaired) electrons. The summed E-state index contributed by atoms with van der Waals surface area (Å²) >= 11 is 1.40. The number of hydrogen-bond acceptors (Lipinski definition) is 7. The van der Waals surface area contributed by atoms with E-state index < -0.39 is 5.92 Å². The number of amides is 1. The second kappa shape index (κ2) is 10.5. The topological polar surface area (TPSA) is 89.8 Å². The van der Waals surface area contributed by atoms with Gasteiger partial charge in [0.2, 0.25) is 0 Å². The Hall–Kier alpha value is -2.79. The number of aliphatic hydroxyl groups is 1. The summed E-state index contributed by atoms with van der Waals surface area (Å²) in [6.07, 6.45) is 5.69. The molecular weight excluding hydrogens is 500 g/mol. The van der Waals surface area contributed by atoms with Crippen LogP contribution in [0.5, 0.6) is 0 Å². The number of piperidine rings is 2. The number of aromatic nitrogens is 1. The minimum Gasteiger partial charge on any atom is -0.395 e. The van der Waals surface area contributed by atoms with Gasteiger partial charge in [-0.2, -0.15) is 0 Å². The standard InChI is InChI=1S/C26H33F2N5O3S/c27-26(28)9-13-32(14-10-26)33-18-20(2-4-23(33)35)29-24(36)21-3-1-19(30-37-16-15-34)17-22(21)31-11-7-25(5-6-25)8-12-31/h1-4,17-18,30,34H,5-16H2,(H,29,36). The fraction of sp³-hybridized carbons (Fsp3) is 0.538. The quantitative estimate of drug-likeness (QED) is 0.350. The van der Waals surface area contributed by atoms with Gasteiger partial charge >= 0.3 is 0 Å². The Kier molecular flexibility index (Phi) is 7.35. The van der Waals surface area contributed by atoms with Gasteiger partial charge in [0.1, 0.15) is 0 Å². The normalized spacial score (nSPS) is 20.1. The molecule has 200 valence electrons. The van der Waals surface area contributed by atoms with Crippen LogP contribution in [0.4, 0.5) is 25.8 Å². The lowest BCUT2D eigenvalue weighted by Crippen LogP contribution is -2.49. The largest absolute Gasteiger partial charge is 0.395 e. The van der Waals surface area contributed by atoms with Crippen molar-refractivity contribution in [2.75, 3.05) is 58.5 Å². The van der Waals surface area contributed by atoms with Crippen LogP contribution in [0.1, 0.15) is 48.9 Å². The Morgan fingerprint density at radius 2 is 1.68 bits per heavy atom. The molecule has 1 spiro atoms. The molecule has 1 aliphatic carbocycles. The van der Waals surface area contributed by atoms with Crippen molar-refractivity contribution in [2.45, 2.75) is 44.4 Å². The summed E-state index contributed by atoms with van der Waals surface area (Å²) in [6.45, 7) is 1.97. The molecule has 2 saturated heterocycles. The van der Waals surface area contributed by atoms with Crippen molar-refractivity contribution in [3.63, 3.8) is 0 Å². The molecule has 3 aliphatic rings. The van der Waals surface area contributed by atoms with Crippen LogP contribution in [0.15, 0.2) is 41.3 Å². The molecule has 0 unspecified atom stereocenters.